The van der Waals surface area contributed by atoms with Gasteiger partial charge >= 0.3 is 6.01 Å². The summed E-state index contributed by atoms with van der Waals surface area (Å²) in [5, 5.41) is 5.72. The Bertz CT molecular complexity index is 1280. The van der Waals surface area contributed by atoms with E-state index >= 15 is 0 Å². The van der Waals surface area contributed by atoms with Crippen molar-refractivity contribution >= 4 is 27.7 Å². The SMILES string of the molecule is Cn1nc(C(N)=O)c2ccc3cnc(Oc4cccc(CN5CCOCC5)c4)nc3c21. The topological polar surface area (TPSA) is 108 Å². The smallest absolute Gasteiger partial charge is 0.322 e. The first kappa shape index (κ1) is 19.4. The molecule has 0 bridgehead atoms. The number of primary amides is 1. The van der Waals surface area contributed by atoms with Crippen molar-refractivity contribution in [1.29, 1.82) is 0 Å². The lowest BCUT2D eigenvalue weighted by atomic mass is 10.1. The van der Waals surface area contributed by atoms with Gasteiger partial charge in [-0.15, -0.1) is 0 Å². The summed E-state index contributed by atoms with van der Waals surface area (Å²) in [6, 6.07) is 11.8. The molecule has 2 aromatic carbocycles. The second kappa shape index (κ2) is 7.93. The predicted octanol–water partition coefficient (Wildman–Crippen LogP) is 2.24. The van der Waals surface area contributed by atoms with Crippen molar-refractivity contribution in [3.8, 4) is 11.8 Å². The highest BCUT2D eigenvalue weighted by molar-refractivity contribution is 6.11. The van der Waals surface area contributed by atoms with Crippen molar-refractivity contribution in [1.82, 2.24) is 24.6 Å². The molecule has 9 nitrogen and oxygen atoms in total. The highest BCUT2D eigenvalue weighted by atomic mass is 16.5. The fraction of sp³-hybridized carbons (Fsp3) is 0.273. The van der Waals surface area contributed by atoms with E-state index < -0.39 is 5.91 Å². The minimum absolute atomic E-state index is 0.219. The number of hydrogen-bond acceptors (Lipinski definition) is 7. The van der Waals surface area contributed by atoms with Crippen LogP contribution in [-0.4, -0.2) is 56.9 Å². The molecular weight excluding hydrogens is 396 g/mol. The molecule has 0 aliphatic carbocycles. The van der Waals surface area contributed by atoms with Gasteiger partial charge < -0.3 is 15.2 Å². The van der Waals surface area contributed by atoms with Gasteiger partial charge in [-0.1, -0.05) is 18.2 Å². The first-order valence-electron chi connectivity index (χ1n) is 10.1. The zero-order chi connectivity index (χ0) is 21.4. The highest BCUT2D eigenvalue weighted by Crippen LogP contribution is 2.28. The number of ether oxygens (including phenoxy) is 2. The van der Waals surface area contributed by atoms with Crippen molar-refractivity contribution in [3.05, 3.63) is 53.9 Å². The number of hydrogen-bond donors (Lipinski definition) is 1. The van der Waals surface area contributed by atoms with E-state index in [1.807, 2.05) is 30.3 Å². The van der Waals surface area contributed by atoms with Gasteiger partial charge in [-0.2, -0.15) is 10.1 Å². The lowest BCUT2D eigenvalue weighted by molar-refractivity contribution is 0.0342. The average Bonchev–Trinajstić information content (AvgIpc) is 3.12. The van der Waals surface area contributed by atoms with Crippen molar-refractivity contribution in [2.45, 2.75) is 6.54 Å². The molecule has 0 radical (unpaired) electrons. The summed E-state index contributed by atoms with van der Waals surface area (Å²) in [7, 11) is 1.76. The van der Waals surface area contributed by atoms with E-state index in [2.05, 4.69) is 26.0 Å². The summed E-state index contributed by atoms with van der Waals surface area (Å²) < 4.78 is 13.0. The van der Waals surface area contributed by atoms with E-state index in [-0.39, 0.29) is 11.7 Å². The molecule has 3 heterocycles. The monoisotopic (exact) mass is 418 g/mol. The predicted molar refractivity (Wildman–Crippen MR) is 115 cm³/mol. The van der Waals surface area contributed by atoms with Crippen LogP contribution >= 0.6 is 0 Å². The summed E-state index contributed by atoms with van der Waals surface area (Å²) in [5.74, 6) is 0.0904. The number of fused-ring (bicyclic) bond motifs is 3. The number of benzene rings is 2. The van der Waals surface area contributed by atoms with Crippen molar-refractivity contribution in [2.24, 2.45) is 12.8 Å². The standard InChI is InChI=1S/C22H22N6O3/c1-27-20-17(19(26-27)21(23)29)6-5-15-12-24-22(25-18(15)20)31-16-4-2-3-14(11-16)13-28-7-9-30-10-8-28/h2-6,11-12H,7-10,13H2,1H3,(H2,23,29). The van der Waals surface area contributed by atoms with Crippen LogP contribution in [0.4, 0.5) is 0 Å². The molecule has 1 saturated heterocycles. The molecule has 31 heavy (non-hydrogen) atoms. The number of morpholine rings is 1. The van der Waals surface area contributed by atoms with Gasteiger partial charge in [0.15, 0.2) is 5.69 Å². The Labute approximate surface area is 178 Å². The van der Waals surface area contributed by atoms with Crippen LogP contribution in [-0.2, 0) is 18.3 Å². The van der Waals surface area contributed by atoms with Gasteiger partial charge in [0.1, 0.15) is 11.3 Å². The third-order valence-electron chi connectivity index (χ3n) is 5.38. The molecule has 5 rings (SSSR count). The van der Waals surface area contributed by atoms with E-state index in [1.165, 1.54) is 0 Å². The van der Waals surface area contributed by atoms with Gasteiger partial charge in [-0.25, -0.2) is 4.98 Å². The molecule has 2 aromatic heterocycles. The van der Waals surface area contributed by atoms with Crippen LogP contribution in [0.25, 0.3) is 21.8 Å². The summed E-state index contributed by atoms with van der Waals surface area (Å²) in [5.41, 5.74) is 8.20. The van der Waals surface area contributed by atoms with Gasteiger partial charge in [-0.3, -0.25) is 14.4 Å². The number of aromatic nitrogens is 4. The molecule has 4 aromatic rings. The number of aryl methyl sites for hydroxylation is 1. The van der Waals surface area contributed by atoms with Crippen LogP contribution in [0.1, 0.15) is 16.1 Å². The molecular formula is C22H22N6O3. The molecule has 0 spiro atoms. The lowest BCUT2D eigenvalue weighted by Crippen LogP contribution is -2.35. The van der Waals surface area contributed by atoms with Crippen molar-refractivity contribution < 1.29 is 14.3 Å². The fourth-order valence-corrected chi connectivity index (χ4v) is 3.90. The zero-order valence-electron chi connectivity index (χ0n) is 17.1. The molecule has 1 aliphatic rings. The van der Waals surface area contributed by atoms with Gasteiger partial charge in [-0.05, 0) is 23.8 Å². The zero-order valence-corrected chi connectivity index (χ0v) is 17.1. The number of amides is 1. The Kier molecular flexibility index (Phi) is 4.97. The van der Waals surface area contributed by atoms with Crippen LogP contribution in [0.5, 0.6) is 11.8 Å². The third-order valence-corrected chi connectivity index (χ3v) is 5.38. The number of carbonyl (C=O) groups is 1. The maximum Gasteiger partial charge on any atom is 0.322 e. The number of carbonyl (C=O) groups excluding carboxylic acids is 1. The molecule has 0 saturated carbocycles. The van der Waals surface area contributed by atoms with Crippen molar-refractivity contribution in [3.63, 3.8) is 0 Å². The molecule has 0 unspecified atom stereocenters. The Morgan fingerprint density at radius 1 is 1.23 bits per heavy atom. The highest BCUT2D eigenvalue weighted by Gasteiger charge is 2.17. The summed E-state index contributed by atoms with van der Waals surface area (Å²) in [4.78, 5) is 23.0. The van der Waals surface area contributed by atoms with E-state index in [0.29, 0.717) is 22.2 Å². The summed E-state index contributed by atoms with van der Waals surface area (Å²) >= 11 is 0. The Morgan fingerprint density at radius 3 is 2.87 bits per heavy atom. The van der Waals surface area contributed by atoms with Crippen LogP contribution in [0, 0.1) is 0 Å². The molecule has 0 atom stereocenters. The summed E-state index contributed by atoms with van der Waals surface area (Å²) in [6.45, 7) is 4.21. The van der Waals surface area contributed by atoms with Gasteiger partial charge in [0, 0.05) is 43.7 Å². The third kappa shape index (κ3) is 3.80. The minimum atomic E-state index is -0.576. The van der Waals surface area contributed by atoms with Gasteiger partial charge in [0.25, 0.3) is 5.91 Å². The van der Waals surface area contributed by atoms with Crippen LogP contribution in [0.15, 0.2) is 42.6 Å². The van der Waals surface area contributed by atoms with E-state index in [4.69, 9.17) is 15.2 Å². The van der Waals surface area contributed by atoms with Gasteiger partial charge in [0.2, 0.25) is 0 Å². The van der Waals surface area contributed by atoms with Crippen LogP contribution in [0.3, 0.4) is 0 Å². The lowest BCUT2D eigenvalue weighted by Gasteiger charge is -2.26. The second-order valence-corrected chi connectivity index (χ2v) is 7.53. The first-order valence-corrected chi connectivity index (χ1v) is 10.1. The van der Waals surface area contributed by atoms with Crippen LogP contribution < -0.4 is 10.5 Å². The average molecular weight is 418 g/mol. The quantitative estimate of drug-likeness (QED) is 0.529. The summed E-state index contributed by atoms with van der Waals surface area (Å²) in [6.07, 6.45) is 1.70. The Balaban J connectivity index is 1.46. The molecule has 2 N–H and O–H groups in total. The van der Waals surface area contributed by atoms with E-state index in [0.717, 1.165) is 43.8 Å². The number of nitrogens with zero attached hydrogens (tertiary/aromatic N) is 5. The Morgan fingerprint density at radius 2 is 2.06 bits per heavy atom. The van der Waals surface area contributed by atoms with Crippen LogP contribution in [0.2, 0.25) is 0 Å². The van der Waals surface area contributed by atoms with Crippen molar-refractivity contribution in [2.75, 3.05) is 26.3 Å². The van der Waals surface area contributed by atoms with E-state index in [9.17, 15) is 4.79 Å². The largest absolute Gasteiger partial charge is 0.424 e. The maximum atomic E-state index is 11.7. The molecule has 1 aliphatic heterocycles. The number of nitrogens with two attached hydrogens (primary N) is 1. The Hall–Kier alpha value is -3.56. The molecule has 1 amide bonds. The molecule has 9 heteroatoms. The molecule has 1 fully saturated rings. The van der Waals surface area contributed by atoms with Gasteiger partial charge in [0.05, 0.1) is 18.7 Å². The number of rotatable bonds is 5. The van der Waals surface area contributed by atoms with E-state index in [1.54, 1.807) is 17.9 Å². The maximum absolute atomic E-state index is 11.7. The second-order valence-electron chi connectivity index (χ2n) is 7.53. The normalized spacial score (nSPS) is 14.9. The fourth-order valence-electron chi connectivity index (χ4n) is 3.90. The minimum Gasteiger partial charge on any atom is -0.424 e. The first-order chi connectivity index (χ1) is 15.1. The molecule has 158 valence electrons.